The molecule has 6 heteroatoms. The van der Waals surface area contributed by atoms with E-state index in [0.717, 1.165) is 38.8 Å². The predicted molar refractivity (Wildman–Crippen MR) is 140 cm³/mol. The number of hydrogen-bond acceptors (Lipinski definition) is 4. The molecule has 0 aliphatic heterocycles. The summed E-state index contributed by atoms with van der Waals surface area (Å²) in [4.78, 5) is 33.6. The molecule has 4 aromatic rings. The van der Waals surface area contributed by atoms with E-state index in [1.54, 1.807) is 32.3 Å². The van der Waals surface area contributed by atoms with Gasteiger partial charge in [-0.25, -0.2) is 4.98 Å². The van der Waals surface area contributed by atoms with Crippen molar-refractivity contribution in [3.05, 3.63) is 82.8 Å². The summed E-state index contributed by atoms with van der Waals surface area (Å²) in [5.74, 6) is -1.12. The molecule has 2 aromatic carbocycles. The highest BCUT2D eigenvalue weighted by atomic mass is 35.5. The highest BCUT2D eigenvalue weighted by Crippen LogP contribution is 2.40. The molecule has 4 rings (SSSR count). The lowest BCUT2D eigenvalue weighted by atomic mass is 9.86. The number of aromatic nitrogens is 2. The normalized spacial score (nSPS) is 11.6. The van der Waals surface area contributed by atoms with Crippen LogP contribution in [0, 0.1) is 19.3 Å². The van der Waals surface area contributed by atoms with Crippen LogP contribution in [0.1, 0.15) is 48.3 Å². The number of carboxylic acid groups (broad SMARTS) is 1. The minimum atomic E-state index is -0.995. The van der Waals surface area contributed by atoms with Crippen LogP contribution in [-0.2, 0) is 4.79 Å². The van der Waals surface area contributed by atoms with Gasteiger partial charge in [-0.05, 0) is 92.3 Å². The molecule has 2 heterocycles. The van der Waals surface area contributed by atoms with Crippen LogP contribution in [0.5, 0.6) is 0 Å². The molecule has 0 unspecified atom stereocenters. The minimum Gasteiger partial charge on any atom is -0.481 e. The van der Waals surface area contributed by atoms with Gasteiger partial charge in [-0.2, -0.15) is 0 Å². The number of carbonyl (C=O) groups excluding carboxylic acids is 1. The molecular formula is C29H27ClN2O3. The maximum atomic E-state index is 13.2. The van der Waals surface area contributed by atoms with Crippen LogP contribution < -0.4 is 0 Å². The summed E-state index contributed by atoms with van der Waals surface area (Å²) in [7, 11) is 0. The van der Waals surface area contributed by atoms with Crippen molar-refractivity contribution in [3.8, 4) is 22.3 Å². The van der Waals surface area contributed by atoms with E-state index in [2.05, 4.69) is 11.9 Å². The number of aliphatic carboxylic acids is 1. The fourth-order valence-electron chi connectivity index (χ4n) is 4.42. The van der Waals surface area contributed by atoms with E-state index in [0.29, 0.717) is 16.2 Å². The van der Waals surface area contributed by atoms with Crippen LogP contribution in [0.25, 0.3) is 33.2 Å². The second-order valence-electron chi connectivity index (χ2n) is 9.47. The predicted octanol–water partition coefficient (Wildman–Crippen LogP) is 7.31. The Morgan fingerprint density at radius 1 is 1.00 bits per heavy atom. The highest BCUT2D eigenvalue weighted by Gasteiger charge is 2.28. The van der Waals surface area contributed by atoms with Gasteiger partial charge in [-0.15, -0.1) is 0 Å². The van der Waals surface area contributed by atoms with Gasteiger partial charge in [0.25, 0.3) is 0 Å². The lowest BCUT2D eigenvalue weighted by molar-refractivity contribution is -0.147. The molecule has 1 N–H and O–H groups in total. The number of nitrogens with zero attached hydrogens (tertiary/aromatic N) is 2. The average Bonchev–Trinajstić information content (AvgIpc) is 2.82. The monoisotopic (exact) mass is 486 g/mol. The third-order valence-electron chi connectivity index (χ3n) is 6.52. The largest absolute Gasteiger partial charge is 0.481 e. The van der Waals surface area contributed by atoms with E-state index in [1.165, 1.54) is 0 Å². The third kappa shape index (κ3) is 4.82. The molecule has 0 aliphatic rings. The maximum Gasteiger partial charge on any atom is 0.309 e. The molecule has 0 amide bonds. The summed E-state index contributed by atoms with van der Waals surface area (Å²) in [6.07, 6.45) is 3.85. The van der Waals surface area contributed by atoms with Crippen LogP contribution in [-0.4, -0.2) is 26.8 Å². The van der Waals surface area contributed by atoms with Crippen molar-refractivity contribution in [1.82, 2.24) is 9.97 Å². The van der Waals surface area contributed by atoms with Crippen LogP contribution in [0.4, 0.5) is 0 Å². The Labute approximate surface area is 209 Å². The van der Waals surface area contributed by atoms with Gasteiger partial charge >= 0.3 is 5.97 Å². The van der Waals surface area contributed by atoms with Crippen molar-refractivity contribution in [2.24, 2.45) is 5.41 Å². The molecule has 178 valence electrons. The number of Topliss-reactive ketones (excluding diaryl/α,β-unsaturated/α-hetero) is 1. The molecule has 35 heavy (non-hydrogen) atoms. The number of hydrogen-bond donors (Lipinski definition) is 1. The number of ketones is 1. The van der Waals surface area contributed by atoms with E-state index in [9.17, 15) is 14.7 Å². The zero-order valence-corrected chi connectivity index (χ0v) is 21.0. The first kappa shape index (κ1) is 24.6. The molecule has 0 spiro atoms. The Morgan fingerprint density at radius 3 is 2.34 bits per heavy atom. The van der Waals surface area contributed by atoms with Crippen LogP contribution in [0.3, 0.4) is 0 Å². The lowest BCUT2D eigenvalue weighted by Gasteiger charge is -2.19. The molecule has 0 atom stereocenters. The molecule has 0 radical (unpaired) electrons. The molecule has 2 aromatic heterocycles. The van der Waals surface area contributed by atoms with Gasteiger partial charge < -0.3 is 5.11 Å². The first-order valence-corrected chi connectivity index (χ1v) is 11.8. The first-order valence-electron chi connectivity index (χ1n) is 11.5. The first-order chi connectivity index (χ1) is 16.6. The number of carboxylic acids is 1. The van der Waals surface area contributed by atoms with Crippen molar-refractivity contribution in [1.29, 1.82) is 0 Å². The number of carbonyl (C=O) groups is 2. The molecule has 0 bridgehead atoms. The Kier molecular flexibility index (Phi) is 6.73. The zero-order chi connectivity index (χ0) is 25.3. The van der Waals surface area contributed by atoms with Crippen LogP contribution >= 0.6 is 11.6 Å². The summed E-state index contributed by atoms with van der Waals surface area (Å²) >= 11 is 6.61. The summed E-state index contributed by atoms with van der Waals surface area (Å²) in [6.45, 7) is 7.34. The lowest BCUT2D eigenvalue weighted by Crippen LogP contribution is -2.24. The number of fused-ring (bicyclic) bond motifs is 1. The Morgan fingerprint density at radius 2 is 1.69 bits per heavy atom. The molecule has 0 fully saturated rings. The van der Waals surface area contributed by atoms with E-state index in [-0.39, 0.29) is 18.6 Å². The topological polar surface area (TPSA) is 80.2 Å². The minimum absolute atomic E-state index is 0.0901. The highest BCUT2D eigenvalue weighted by molar-refractivity contribution is 6.33. The number of pyridine rings is 2. The van der Waals surface area contributed by atoms with Gasteiger partial charge in [-0.1, -0.05) is 29.8 Å². The van der Waals surface area contributed by atoms with E-state index in [4.69, 9.17) is 16.6 Å². The van der Waals surface area contributed by atoms with Crippen molar-refractivity contribution in [2.75, 3.05) is 0 Å². The Hall–Kier alpha value is -3.57. The second kappa shape index (κ2) is 9.59. The number of rotatable bonds is 7. The average molecular weight is 487 g/mol. The summed E-state index contributed by atoms with van der Waals surface area (Å²) < 4.78 is 0. The summed E-state index contributed by atoms with van der Waals surface area (Å²) in [5.41, 5.74) is 5.89. The standard InChI is InChI=1S/C29H27ClN2O3/c1-17-15-24-27(18(2)26(17)19-10-13-31-14-11-19)21(20-7-5-6-8-22(20)30)16-23(32-24)25(33)9-12-29(3,4)28(34)35/h5-8,10-11,13-16H,9,12H2,1-4H3,(H,34,35). The van der Waals surface area contributed by atoms with Gasteiger partial charge in [-0.3, -0.25) is 14.6 Å². The Balaban J connectivity index is 1.93. The van der Waals surface area contributed by atoms with Crippen molar-refractivity contribution < 1.29 is 14.7 Å². The van der Waals surface area contributed by atoms with E-state index < -0.39 is 11.4 Å². The zero-order valence-electron chi connectivity index (χ0n) is 20.2. The summed E-state index contributed by atoms with van der Waals surface area (Å²) in [6, 6.07) is 15.3. The quantitative estimate of drug-likeness (QED) is 0.277. The van der Waals surface area contributed by atoms with Gasteiger partial charge in [0, 0.05) is 34.8 Å². The fourth-order valence-corrected chi connectivity index (χ4v) is 4.66. The molecule has 5 nitrogen and oxygen atoms in total. The number of benzene rings is 2. The van der Waals surface area contributed by atoms with Crippen molar-refractivity contribution in [2.45, 2.75) is 40.5 Å². The molecule has 0 saturated carbocycles. The van der Waals surface area contributed by atoms with E-state index >= 15 is 0 Å². The van der Waals surface area contributed by atoms with Gasteiger partial charge in [0.2, 0.25) is 0 Å². The van der Waals surface area contributed by atoms with Crippen LogP contribution in [0.15, 0.2) is 60.9 Å². The molecule has 0 saturated heterocycles. The third-order valence-corrected chi connectivity index (χ3v) is 6.85. The van der Waals surface area contributed by atoms with Crippen molar-refractivity contribution >= 4 is 34.3 Å². The van der Waals surface area contributed by atoms with E-state index in [1.807, 2.05) is 49.4 Å². The smallest absolute Gasteiger partial charge is 0.309 e. The SMILES string of the molecule is Cc1cc2nc(C(=O)CCC(C)(C)C(=O)O)cc(-c3ccccc3Cl)c2c(C)c1-c1ccncc1. The van der Waals surface area contributed by atoms with Gasteiger partial charge in [0.1, 0.15) is 5.69 Å². The van der Waals surface area contributed by atoms with Crippen LogP contribution in [0.2, 0.25) is 5.02 Å². The van der Waals surface area contributed by atoms with Crippen molar-refractivity contribution in [3.63, 3.8) is 0 Å². The second-order valence-corrected chi connectivity index (χ2v) is 9.88. The number of aryl methyl sites for hydroxylation is 2. The summed E-state index contributed by atoms with van der Waals surface area (Å²) in [5, 5.41) is 10.9. The van der Waals surface area contributed by atoms with Gasteiger partial charge in [0.15, 0.2) is 5.78 Å². The Bertz CT molecular complexity index is 1450. The maximum absolute atomic E-state index is 13.2. The fraction of sp³-hybridized carbons (Fsp3) is 0.241. The molecule has 0 aliphatic carbocycles. The molecular weight excluding hydrogens is 460 g/mol. The van der Waals surface area contributed by atoms with Gasteiger partial charge in [0.05, 0.1) is 10.9 Å². The number of halogens is 1.